The Hall–Kier alpha value is 0. The van der Waals surface area contributed by atoms with Crippen LogP contribution in [0.3, 0.4) is 0 Å². The van der Waals surface area contributed by atoms with Crippen molar-refractivity contribution in [2.24, 2.45) is 29.6 Å². The van der Waals surface area contributed by atoms with Gasteiger partial charge in [-0.3, -0.25) is 0 Å². The maximum absolute atomic E-state index is 2.50. The number of hydrogen-bond donors (Lipinski definition) is 0. The Kier molecular flexibility index (Phi) is 5.15. The van der Waals surface area contributed by atoms with Gasteiger partial charge in [0.15, 0.2) is 0 Å². The van der Waals surface area contributed by atoms with Gasteiger partial charge in [-0.25, -0.2) is 0 Å². The van der Waals surface area contributed by atoms with Crippen molar-refractivity contribution in [1.29, 1.82) is 0 Å². The van der Waals surface area contributed by atoms with Gasteiger partial charge in [0.05, 0.1) is 0 Å². The van der Waals surface area contributed by atoms with Crippen molar-refractivity contribution in [3.8, 4) is 0 Å². The van der Waals surface area contributed by atoms with Gasteiger partial charge in [-0.15, -0.1) is 0 Å². The lowest BCUT2D eigenvalue weighted by atomic mass is 9.72. The molecule has 0 bridgehead atoms. The SMILES string of the molecule is CCC(C)C(C)C(C)C(C)C1CCCC1. The van der Waals surface area contributed by atoms with E-state index < -0.39 is 0 Å². The van der Waals surface area contributed by atoms with E-state index in [9.17, 15) is 0 Å². The summed E-state index contributed by atoms with van der Waals surface area (Å²) in [7, 11) is 0. The second kappa shape index (κ2) is 5.92. The van der Waals surface area contributed by atoms with Crippen molar-refractivity contribution in [1.82, 2.24) is 0 Å². The van der Waals surface area contributed by atoms with E-state index in [2.05, 4.69) is 34.6 Å². The van der Waals surface area contributed by atoms with E-state index >= 15 is 0 Å². The molecule has 0 amide bonds. The van der Waals surface area contributed by atoms with Gasteiger partial charge < -0.3 is 0 Å². The van der Waals surface area contributed by atoms with Crippen molar-refractivity contribution >= 4 is 0 Å². The zero-order valence-corrected chi connectivity index (χ0v) is 11.4. The molecule has 15 heavy (non-hydrogen) atoms. The maximum atomic E-state index is 2.50. The third kappa shape index (κ3) is 3.23. The fraction of sp³-hybridized carbons (Fsp3) is 1.00. The van der Waals surface area contributed by atoms with Crippen LogP contribution >= 0.6 is 0 Å². The summed E-state index contributed by atoms with van der Waals surface area (Å²) in [6, 6.07) is 0. The zero-order valence-electron chi connectivity index (χ0n) is 11.4. The summed E-state index contributed by atoms with van der Waals surface area (Å²) in [6.45, 7) is 12.2. The van der Waals surface area contributed by atoms with E-state index in [0.717, 1.165) is 29.6 Å². The van der Waals surface area contributed by atoms with Crippen LogP contribution in [0.4, 0.5) is 0 Å². The molecule has 1 aliphatic carbocycles. The topological polar surface area (TPSA) is 0 Å². The minimum atomic E-state index is 0.892. The Balaban J connectivity index is 2.46. The van der Waals surface area contributed by atoms with Crippen molar-refractivity contribution in [3.05, 3.63) is 0 Å². The summed E-state index contributed by atoms with van der Waals surface area (Å²) < 4.78 is 0. The predicted octanol–water partition coefficient (Wildman–Crippen LogP) is 5.13. The molecule has 1 aliphatic rings. The van der Waals surface area contributed by atoms with Crippen molar-refractivity contribution in [3.63, 3.8) is 0 Å². The highest BCUT2D eigenvalue weighted by Crippen LogP contribution is 2.39. The number of hydrogen-bond acceptors (Lipinski definition) is 0. The van der Waals surface area contributed by atoms with Crippen LogP contribution in [0.15, 0.2) is 0 Å². The monoisotopic (exact) mass is 210 g/mol. The van der Waals surface area contributed by atoms with E-state index in [1.165, 1.54) is 32.1 Å². The largest absolute Gasteiger partial charge is 0.0651 e. The summed E-state index contributed by atoms with van der Waals surface area (Å²) in [6.07, 6.45) is 7.30. The van der Waals surface area contributed by atoms with E-state index in [0.29, 0.717) is 0 Å². The fourth-order valence-electron chi connectivity index (χ4n) is 3.28. The summed E-state index contributed by atoms with van der Waals surface area (Å²) in [5.74, 6) is 4.67. The Bertz CT molecular complexity index is 167. The second-order valence-electron chi connectivity index (χ2n) is 6.01. The lowest BCUT2D eigenvalue weighted by Crippen LogP contribution is -2.26. The second-order valence-corrected chi connectivity index (χ2v) is 6.01. The first-order valence-electron chi connectivity index (χ1n) is 7.07. The third-order valence-electron chi connectivity index (χ3n) is 5.34. The van der Waals surface area contributed by atoms with Crippen molar-refractivity contribution in [2.75, 3.05) is 0 Å². The molecule has 0 spiro atoms. The summed E-state index contributed by atoms with van der Waals surface area (Å²) in [5, 5.41) is 0. The van der Waals surface area contributed by atoms with E-state index in [1.54, 1.807) is 0 Å². The van der Waals surface area contributed by atoms with Gasteiger partial charge in [-0.05, 0) is 29.6 Å². The van der Waals surface area contributed by atoms with Gasteiger partial charge in [0.25, 0.3) is 0 Å². The van der Waals surface area contributed by atoms with Crippen LogP contribution in [-0.2, 0) is 0 Å². The Morgan fingerprint density at radius 2 is 1.47 bits per heavy atom. The molecule has 0 heterocycles. The normalized spacial score (nSPS) is 26.2. The van der Waals surface area contributed by atoms with E-state index in [-0.39, 0.29) is 0 Å². The molecule has 1 saturated carbocycles. The molecule has 1 rings (SSSR count). The van der Waals surface area contributed by atoms with E-state index in [4.69, 9.17) is 0 Å². The molecule has 0 aromatic carbocycles. The van der Waals surface area contributed by atoms with Crippen LogP contribution < -0.4 is 0 Å². The molecule has 0 N–H and O–H groups in total. The van der Waals surface area contributed by atoms with Gasteiger partial charge in [0, 0.05) is 0 Å². The molecule has 0 aromatic rings. The quantitative estimate of drug-likeness (QED) is 0.590. The van der Waals surface area contributed by atoms with Crippen LogP contribution in [0.1, 0.15) is 66.7 Å². The van der Waals surface area contributed by atoms with Gasteiger partial charge in [-0.2, -0.15) is 0 Å². The van der Waals surface area contributed by atoms with Crippen molar-refractivity contribution in [2.45, 2.75) is 66.7 Å². The molecule has 0 saturated heterocycles. The zero-order chi connectivity index (χ0) is 11.4. The van der Waals surface area contributed by atoms with Gasteiger partial charge >= 0.3 is 0 Å². The van der Waals surface area contributed by atoms with Crippen LogP contribution in [0, 0.1) is 29.6 Å². The predicted molar refractivity (Wildman–Crippen MR) is 68.9 cm³/mol. The summed E-state index contributed by atoms with van der Waals surface area (Å²) in [4.78, 5) is 0. The van der Waals surface area contributed by atoms with Gasteiger partial charge in [-0.1, -0.05) is 66.7 Å². The highest BCUT2D eigenvalue weighted by molar-refractivity contribution is 4.79. The van der Waals surface area contributed by atoms with E-state index in [1.807, 2.05) is 0 Å². The Labute approximate surface area is 96.8 Å². The van der Waals surface area contributed by atoms with Crippen LogP contribution in [0.5, 0.6) is 0 Å². The average Bonchev–Trinajstić information content (AvgIpc) is 2.78. The first-order valence-corrected chi connectivity index (χ1v) is 7.07. The minimum Gasteiger partial charge on any atom is -0.0651 e. The summed E-state index contributed by atoms with van der Waals surface area (Å²) in [5.41, 5.74) is 0. The number of rotatable bonds is 5. The molecule has 1 fully saturated rings. The molecule has 0 radical (unpaired) electrons. The van der Waals surface area contributed by atoms with Crippen LogP contribution in [0.2, 0.25) is 0 Å². The summed E-state index contributed by atoms with van der Waals surface area (Å²) >= 11 is 0. The molecular weight excluding hydrogens is 180 g/mol. The highest BCUT2D eigenvalue weighted by atomic mass is 14.3. The molecule has 0 aromatic heterocycles. The molecule has 0 nitrogen and oxygen atoms in total. The average molecular weight is 210 g/mol. The maximum Gasteiger partial charge on any atom is -0.0386 e. The molecule has 4 atom stereocenters. The smallest absolute Gasteiger partial charge is 0.0386 e. The molecule has 0 heteroatoms. The lowest BCUT2D eigenvalue weighted by Gasteiger charge is -2.33. The van der Waals surface area contributed by atoms with Gasteiger partial charge in [0.1, 0.15) is 0 Å². The lowest BCUT2D eigenvalue weighted by molar-refractivity contribution is 0.161. The third-order valence-corrected chi connectivity index (χ3v) is 5.34. The van der Waals surface area contributed by atoms with Crippen LogP contribution in [0.25, 0.3) is 0 Å². The Morgan fingerprint density at radius 3 is 1.93 bits per heavy atom. The van der Waals surface area contributed by atoms with Crippen LogP contribution in [-0.4, -0.2) is 0 Å². The minimum absolute atomic E-state index is 0.892. The van der Waals surface area contributed by atoms with Gasteiger partial charge in [0.2, 0.25) is 0 Å². The Morgan fingerprint density at radius 1 is 0.933 bits per heavy atom. The first kappa shape index (κ1) is 13.1. The highest BCUT2D eigenvalue weighted by Gasteiger charge is 2.29. The standard InChI is InChI=1S/C15H30/c1-6-11(2)12(3)13(4)14(5)15-9-7-8-10-15/h11-15H,6-10H2,1-5H3. The molecule has 90 valence electrons. The van der Waals surface area contributed by atoms with Crippen molar-refractivity contribution < 1.29 is 0 Å². The molecular formula is C15H30. The fourth-order valence-corrected chi connectivity index (χ4v) is 3.28. The molecule has 0 aliphatic heterocycles. The first-order chi connectivity index (χ1) is 7.07. The molecule has 4 unspecified atom stereocenters.